The highest BCUT2D eigenvalue weighted by molar-refractivity contribution is 7.09. The number of rotatable bonds is 3. The predicted octanol–water partition coefficient (Wildman–Crippen LogP) is 3.48. The van der Waals surface area contributed by atoms with Gasteiger partial charge in [-0.1, -0.05) is 27.2 Å². The van der Waals surface area contributed by atoms with Crippen molar-refractivity contribution in [3.05, 3.63) is 16.6 Å². The molecule has 3 heteroatoms. The summed E-state index contributed by atoms with van der Waals surface area (Å²) in [7, 11) is 0. The molecule has 96 valence electrons. The van der Waals surface area contributed by atoms with Crippen molar-refractivity contribution >= 4 is 11.3 Å². The molecule has 1 aromatic heterocycles. The van der Waals surface area contributed by atoms with Crippen molar-refractivity contribution in [2.24, 2.45) is 23.5 Å². The fraction of sp³-hybridized carbons (Fsp3) is 0.786. The highest BCUT2D eigenvalue weighted by atomic mass is 32.1. The molecule has 3 atom stereocenters. The summed E-state index contributed by atoms with van der Waals surface area (Å²) in [4.78, 5) is 4.41. The van der Waals surface area contributed by atoms with E-state index in [0.29, 0.717) is 11.8 Å². The summed E-state index contributed by atoms with van der Waals surface area (Å²) in [6.45, 7) is 6.95. The second-order valence-electron chi connectivity index (χ2n) is 6.07. The average molecular weight is 252 g/mol. The van der Waals surface area contributed by atoms with Crippen LogP contribution in [-0.4, -0.2) is 10.5 Å². The molecule has 1 saturated carbocycles. The molecule has 2 N–H and O–H groups in total. The average Bonchev–Trinajstić information content (AvgIpc) is 2.68. The molecule has 2 rings (SSSR count). The van der Waals surface area contributed by atoms with Crippen molar-refractivity contribution in [3.8, 4) is 0 Å². The van der Waals surface area contributed by atoms with Crippen LogP contribution in [0.2, 0.25) is 0 Å². The summed E-state index contributed by atoms with van der Waals surface area (Å²) in [5, 5.41) is 3.25. The van der Waals surface area contributed by atoms with E-state index in [0.717, 1.165) is 18.8 Å². The topological polar surface area (TPSA) is 38.9 Å². The van der Waals surface area contributed by atoms with Crippen LogP contribution in [0.25, 0.3) is 0 Å². The SMILES string of the molecule is CC1CCC(C(C)C)C(N)(Cc2nccs2)C1. The first-order chi connectivity index (χ1) is 8.01. The maximum atomic E-state index is 6.75. The van der Waals surface area contributed by atoms with Gasteiger partial charge in [0, 0.05) is 23.5 Å². The first-order valence-corrected chi connectivity index (χ1v) is 7.56. The molecule has 0 spiro atoms. The maximum absolute atomic E-state index is 6.75. The minimum atomic E-state index is -0.0380. The smallest absolute Gasteiger partial charge is 0.0943 e. The number of hydrogen-bond acceptors (Lipinski definition) is 3. The third-order valence-electron chi connectivity index (χ3n) is 4.21. The molecular formula is C14H24N2S. The molecule has 0 radical (unpaired) electrons. The predicted molar refractivity (Wildman–Crippen MR) is 74.1 cm³/mol. The van der Waals surface area contributed by atoms with Crippen LogP contribution in [-0.2, 0) is 6.42 Å². The molecule has 1 aliphatic rings. The number of thiazole rings is 1. The Hall–Kier alpha value is -0.410. The standard InChI is InChI=1S/C14H24N2S/c1-10(2)12-5-4-11(3)8-14(12,15)9-13-16-6-7-17-13/h6-7,10-12H,4-5,8-9,15H2,1-3H3. The van der Waals surface area contributed by atoms with Crippen LogP contribution in [0.15, 0.2) is 11.6 Å². The number of hydrogen-bond donors (Lipinski definition) is 1. The van der Waals surface area contributed by atoms with E-state index in [1.54, 1.807) is 11.3 Å². The molecule has 1 fully saturated rings. The molecule has 0 aromatic carbocycles. The summed E-state index contributed by atoms with van der Waals surface area (Å²) in [5.41, 5.74) is 6.71. The number of nitrogens with zero attached hydrogens (tertiary/aromatic N) is 1. The van der Waals surface area contributed by atoms with Crippen LogP contribution in [0.3, 0.4) is 0 Å². The van der Waals surface area contributed by atoms with E-state index in [1.807, 2.05) is 6.20 Å². The van der Waals surface area contributed by atoms with Crippen LogP contribution in [0.5, 0.6) is 0 Å². The van der Waals surface area contributed by atoms with E-state index < -0.39 is 0 Å². The third kappa shape index (κ3) is 2.89. The van der Waals surface area contributed by atoms with Gasteiger partial charge in [0.25, 0.3) is 0 Å². The minimum absolute atomic E-state index is 0.0380. The van der Waals surface area contributed by atoms with Crippen LogP contribution >= 0.6 is 11.3 Å². The zero-order valence-electron chi connectivity index (χ0n) is 11.1. The summed E-state index contributed by atoms with van der Waals surface area (Å²) >= 11 is 1.74. The van der Waals surface area contributed by atoms with Gasteiger partial charge in [0.1, 0.15) is 0 Å². The highest BCUT2D eigenvalue weighted by Gasteiger charge is 2.41. The Morgan fingerprint density at radius 3 is 2.88 bits per heavy atom. The Balaban J connectivity index is 2.16. The number of aromatic nitrogens is 1. The maximum Gasteiger partial charge on any atom is 0.0943 e. The van der Waals surface area contributed by atoms with E-state index in [2.05, 4.69) is 31.1 Å². The largest absolute Gasteiger partial charge is 0.324 e. The summed E-state index contributed by atoms with van der Waals surface area (Å²) in [5.74, 6) is 2.07. The number of nitrogens with two attached hydrogens (primary N) is 1. The van der Waals surface area contributed by atoms with Gasteiger partial charge in [-0.3, -0.25) is 0 Å². The molecule has 0 amide bonds. The molecule has 1 aliphatic carbocycles. The van der Waals surface area contributed by atoms with E-state index in [1.165, 1.54) is 17.8 Å². The third-order valence-corrected chi connectivity index (χ3v) is 4.99. The van der Waals surface area contributed by atoms with E-state index >= 15 is 0 Å². The van der Waals surface area contributed by atoms with Gasteiger partial charge in [-0.05, 0) is 30.6 Å². The van der Waals surface area contributed by atoms with E-state index in [-0.39, 0.29) is 5.54 Å². The van der Waals surface area contributed by atoms with Gasteiger partial charge in [-0.15, -0.1) is 11.3 Å². The second-order valence-corrected chi connectivity index (χ2v) is 7.05. The van der Waals surface area contributed by atoms with Crippen molar-refractivity contribution in [2.75, 3.05) is 0 Å². The highest BCUT2D eigenvalue weighted by Crippen LogP contribution is 2.41. The summed E-state index contributed by atoms with van der Waals surface area (Å²) < 4.78 is 0. The van der Waals surface area contributed by atoms with Crippen molar-refractivity contribution in [1.29, 1.82) is 0 Å². The Kier molecular flexibility index (Phi) is 3.88. The van der Waals surface area contributed by atoms with Crippen LogP contribution in [0.1, 0.15) is 45.0 Å². The normalized spacial score (nSPS) is 34.2. The Labute approximate surface area is 109 Å². The first kappa shape index (κ1) is 13.0. The van der Waals surface area contributed by atoms with Crippen LogP contribution in [0.4, 0.5) is 0 Å². The molecule has 2 nitrogen and oxygen atoms in total. The molecule has 17 heavy (non-hydrogen) atoms. The van der Waals surface area contributed by atoms with Crippen molar-refractivity contribution in [2.45, 2.75) is 52.0 Å². The lowest BCUT2D eigenvalue weighted by Crippen LogP contribution is -2.54. The van der Waals surface area contributed by atoms with Crippen LogP contribution in [0, 0.1) is 17.8 Å². The molecule has 0 saturated heterocycles. The molecular weight excluding hydrogens is 228 g/mol. The summed E-state index contributed by atoms with van der Waals surface area (Å²) in [6, 6.07) is 0. The molecule has 1 aromatic rings. The van der Waals surface area contributed by atoms with Gasteiger partial charge < -0.3 is 5.73 Å². The zero-order valence-corrected chi connectivity index (χ0v) is 12.0. The zero-order chi connectivity index (χ0) is 12.5. The minimum Gasteiger partial charge on any atom is -0.324 e. The summed E-state index contributed by atoms with van der Waals surface area (Å²) in [6.07, 6.45) is 6.60. The Morgan fingerprint density at radius 2 is 2.29 bits per heavy atom. The van der Waals surface area contributed by atoms with Gasteiger partial charge in [0.15, 0.2) is 0 Å². The molecule has 3 unspecified atom stereocenters. The lowest BCUT2D eigenvalue weighted by atomic mass is 9.64. The van der Waals surface area contributed by atoms with Gasteiger partial charge in [-0.2, -0.15) is 0 Å². The fourth-order valence-corrected chi connectivity index (χ4v) is 4.23. The molecule has 1 heterocycles. The molecule has 0 aliphatic heterocycles. The van der Waals surface area contributed by atoms with Crippen LogP contribution < -0.4 is 5.73 Å². The van der Waals surface area contributed by atoms with Crippen molar-refractivity contribution < 1.29 is 0 Å². The Morgan fingerprint density at radius 1 is 1.53 bits per heavy atom. The van der Waals surface area contributed by atoms with E-state index in [4.69, 9.17) is 5.73 Å². The van der Waals surface area contributed by atoms with E-state index in [9.17, 15) is 0 Å². The quantitative estimate of drug-likeness (QED) is 0.894. The lowest BCUT2D eigenvalue weighted by molar-refractivity contribution is 0.109. The van der Waals surface area contributed by atoms with Gasteiger partial charge >= 0.3 is 0 Å². The van der Waals surface area contributed by atoms with Crippen molar-refractivity contribution in [1.82, 2.24) is 4.98 Å². The first-order valence-electron chi connectivity index (χ1n) is 6.68. The van der Waals surface area contributed by atoms with Gasteiger partial charge in [-0.25, -0.2) is 4.98 Å². The second kappa shape index (κ2) is 5.07. The van der Waals surface area contributed by atoms with Crippen molar-refractivity contribution in [3.63, 3.8) is 0 Å². The Bertz CT molecular complexity index is 347. The fourth-order valence-electron chi connectivity index (χ4n) is 3.48. The van der Waals surface area contributed by atoms with Gasteiger partial charge in [0.2, 0.25) is 0 Å². The molecule has 0 bridgehead atoms. The lowest BCUT2D eigenvalue weighted by Gasteiger charge is -2.45. The van der Waals surface area contributed by atoms with Gasteiger partial charge in [0.05, 0.1) is 5.01 Å². The monoisotopic (exact) mass is 252 g/mol.